The van der Waals surface area contributed by atoms with Crippen LogP contribution < -0.4 is 5.32 Å². The lowest BCUT2D eigenvalue weighted by Gasteiger charge is -2.13. The van der Waals surface area contributed by atoms with Crippen LogP contribution in [-0.2, 0) is 9.53 Å². The van der Waals surface area contributed by atoms with Crippen LogP contribution in [0.15, 0.2) is 12.4 Å². The van der Waals surface area contributed by atoms with E-state index in [-0.39, 0.29) is 11.5 Å². The van der Waals surface area contributed by atoms with Crippen molar-refractivity contribution < 1.29 is 19.4 Å². The lowest BCUT2D eigenvalue weighted by Crippen LogP contribution is -2.30. The standard InChI is InChI=1S/C12H17N3O4/c1-3-4-5-9(10(16)17)15-12-13-6-8(7-14-12)11(18)19-2/h6-7,9H,3-5H2,1-2H3,(H,16,17)(H,13,14,15). The molecular weight excluding hydrogens is 250 g/mol. The number of aromatic nitrogens is 2. The van der Waals surface area contributed by atoms with E-state index in [1.54, 1.807) is 0 Å². The van der Waals surface area contributed by atoms with E-state index in [4.69, 9.17) is 5.11 Å². The smallest absolute Gasteiger partial charge is 0.341 e. The van der Waals surface area contributed by atoms with E-state index in [0.717, 1.165) is 12.8 Å². The lowest BCUT2D eigenvalue weighted by atomic mass is 10.1. The van der Waals surface area contributed by atoms with Crippen LogP contribution in [0.4, 0.5) is 5.95 Å². The number of hydrogen-bond acceptors (Lipinski definition) is 6. The molecule has 0 saturated heterocycles. The number of anilines is 1. The van der Waals surface area contributed by atoms with Crippen molar-refractivity contribution in [2.45, 2.75) is 32.2 Å². The summed E-state index contributed by atoms with van der Waals surface area (Å²) in [6, 6.07) is -0.732. The van der Waals surface area contributed by atoms with Gasteiger partial charge in [0.1, 0.15) is 6.04 Å². The van der Waals surface area contributed by atoms with Crippen molar-refractivity contribution in [2.24, 2.45) is 0 Å². The number of nitrogens with zero attached hydrogens (tertiary/aromatic N) is 2. The van der Waals surface area contributed by atoms with Crippen LogP contribution in [0.5, 0.6) is 0 Å². The van der Waals surface area contributed by atoms with Gasteiger partial charge >= 0.3 is 11.9 Å². The van der Waals surface area contributed by atoms with Crippen molar-refractivity contribution in [1.29, 1.82) is 0 Å². The number of carbonyl (C=O) groups is 2. The number of carbonyl (C=O) groups excluding carboxylic acids is 1. The summed E-state index contributed by atoms with van der Waals surface area (Å²) >= 11 is 0. The van der Waals surface area contributed by atoms with Crippen molar-refractivity contribution >= 4 is 17.9 Å². The predicted octanol–water partition coefficient (Wildman–Crippen LogP) is 1.32. The Hall–Kier alpha value is -2.18. The molecule has 0 fully saturated rings. The molecule has 0 aliphatic rings. The van der Waals surface area contributed by atoms with Gasteiger partial charge in [-0.1, -0.05) is 19.8 Å². The Labute approximate surface area is 111 Å². The first-order valence-corrected chi connectivity index (χ1v) is 5.98. The van der Waals surface area contributed by atoms with Crippen molar-refractivity contribution in [1.82, 2.24) is 9.97 Å². The highest BCUT2D eigenvalue weighted by Crippen LogP contribution is 2.08. The minimum Gasteiger partial charge on any atom is -0.480 e. The van der Waals surface area contributed by atoms with Crippen LogP contribution in [-0.4, -0.2) is 40.2 Å². The molecule has 1 aromatic heterocycles. The Morgan fingerprint density at radius 2 is 2.05 bits per heavy atom. The molecule has 0 aliphatic carbocycles. The number of aliphatic carboxylic acids is 1. The van der Waals surface area contributed by atoms with Gasteiger partial charge in [-0.2, -0.15) is 0 Å². The third kappa shape index (κ3) is 4.53. The average Bonchev–Trinajstić information content (AvgIpc) is 2.43. The van der Waals surface area contributed by atoms with Gasteiger partial charge in [0.05, 0.1) is 12.7 Å². The SMILES string of the molecule is CCCCC(Nc1ncc(C(=O)OC)cn1)C(=O)O. The van der Waals surface area contributed by atoms with E-state index in [9.17, 15) is 9.59 Å². The van der Waals surface area contributed by atoms with Gasteiger partial charge < -0.3 is 15.2 Å². The van der Waals surface area contributed by atoms with Crippen LogP contribution >= 0.6 is 0 Å². The van der Waals surface area contributed by atoms with E-state index in [0.29, 0.717) is 6.42 Å². The van der Waals surface area contributed by atoms with Crippen LogP contribution in [0.25, 0.3) is 0 Å². The van der Waals surface area contributed by atoms with Crippen LogP contribution in [0.1, 0.15) is 36.5 Å². The number of nitrogens with one attached hydrogen (secondary N) is 1. The zero-order valence-electron chi connectivity index (χ0n) is 10.9. The number of methoxy groups -OCH3 is 1. The van der Waals surface area contributed by atoms with E-state index in [1.807, 2.05) is 6.92 Å². The number of hydrogen-bond donors (Lipinski definition) is 2. The molecular formula is C12H17N3O4. The second kappa shape index (κ2) is 7.30. The van der Waals surface area contributed by atoms with Gasteiger partial charge in [0.15, 0.2) is 0 Å². The maximum absolute atomic E-state index is 11.2. The van der Waals surface area contributed by atoms with Gasteiger partial charge in [0.25, 0.3) is 0 Å². The van der Waals surface area contributed by atoms with Crippen LogP contribution in [0.3, 0.4) is 0 Å². The summed E-state index contributed by atoms with van der Waals surface area (Å²) in [6.45, 7) is 1.99. The van der Waals surface area contributed by atoms with Crippen molar-refractivity contribution in [2.75, 3.05) is 12.4 Å². The maximum Gasteiger partial charge on any atom is 0.341 e. The third-order valence-electron chi connectivity index (χ3n) is 2.52. The van der Waals surface area contributed by atoms with Crippen molar-refractivity contribution in [3.05, 3.63) is 18.0 Å². The molecule has 19 heavy (non-hydrogen) atoms. The summed E-state index contributed by atoms with van der Waals surface area (Å²) in [5, 5.41) is 11.8. The van der Waals surface area contributed by atoms with Gasteiger partial charge in [0, 0.05) is 12.4 Å². The summed E-state index contributed by atoms with van der Waals surface area (Å²) in [6.07, 6.45) is 4.78. The van der Waals surface area contributed by atoms with E-state index in [2.05, 4.69) is 20.0 Å². The molecule has 0 aromatic carbocycles. The average molecular weight is 267 g/mol. The first-order valence-electron chi connectivity index (χ1n) is 5.98. The number of rotatable bonds is 7. The second-order valence-corrected chi connectivity index (χ2v) is 3.96. The first kappa shape index (κ1) is 14.9. The molecule has 1 rings (SSSR count). The summed E-state index contributed by atoms with van der Waals surface area (Å²) in [4.78, 5) is 30.0. The molecule has 0 aliphatic heterocycles. The van der Waals surface area contributed by atoms with Gasteiger partial charge in [-0.25, -0.2) is 19.6 Å². The fourth-order valence-corrected chi connectivity index (χ4v) is 1.45. The van der Waals surface area contributed by atoms with E-state index in [1.165, 1.54) is 19.5 Å². The molecule has 7 nitrogen and oxygen atoms in total. The van der Waals surface area contributed by atoms with E-state index >= 15 is 0 Å². The van der Waals surface area contributed by atoms with Gasteiger partial charge in [-0.15, -0.1) is 0 Å². The molecule has 0 saturated carbocycles. The lowest BCUT2D eigenvalue weighted by molar-refractivity contribution is -0.138. The van der Waals surface area contributed by atoms with Crippen molar-refractivity contribution in [3.8, 4) is 0 Å². The zero-order valence-corrected chi connectivity index (χ0v) is 10.9. The molecule has 1 atom stereocenters. The predicted molar refractivity (Wildman–Crippen MR) is 67.9 cm³/mol. The Balaban J connectivity index is 2.69. The molecule has 0 spiro atoms. The molecule has 7 heteroatoms. The first-order chi connectivity index (χ1) is 9.08. The van der Waals surface area contributed by atoms with E-state index < -0.39 is 18.0 Å². The maximum atomic E-state index is 11.2. The van der Waals surface area contributed by atoms with Crippen LogP contribution in [0.2, 0.25) is 0 Å². The molecule has 0 amide bonds. The fraction of sp³-hybridized carbons (Fsp3) is 0.500. The number of carboxylic acid groups (broad SMARTS) is 1. The van der Waals surface area contributed by atoms with Gasteiger partial charge in [-0.05, 0) is 6.42 Å². The molecule has 1 heterocycles. The number of carboxylic acids is 1. The highest BCUT2D eigenvalue weighted by molar-refractivity contribution is 5.88. The largest absolute Gasteiger partial charge is 0.480 e. The number of esters is 1. The zero-order chi connectivity index (χ0) is 14.3. The Kier molecular flexibility index (Phi) is 5.72. The minimum atomic E-state index is -0.950. The topological polar surface area (TPSA) is 101 Å². The molecule has 0 bridgehead atoms. The highest BCUT2D eigenvalue weighted by atomic mass is 16.5. The molecule has 0 radical (unpaired) electrons. The summed E-state index contributed by atoms with van der Waals surface area (Å²) in [7, 11) is 1.26. The van der Waals surface area contributed by atoms with Crippen LogP contribution in [0, 0.1) is 0 Å². The highest BCUT2D eigenvalue weighted by Gasteiger charge is 2.17. The van der Waals surface area contributed by atoms with Gasteiger partial charge in [0.2, 0.25) is 5.95 Å². The number of unbranched alkanes of at least 4 members (excludes halogenated alkanes) is 1. The molecule has 1 aromatic rings. The molecule has 2 N–H and O–H groups in total. The second-order valence-electron chi connectivity index (χ2n) is 3.96. The Morgan fingerprint density at radius 1 is 1.42 bits per heavy atom. The van der Waals surface area contributed by atoms with Gasteiger partial charge in [-0.3, -0.25) is 0 Å². The monoisotopic (exact) mass is 267 g/mol. The summed E-state index contributed by atoms with van der Waals surface area (Å²) < 4.78 is 4.52. The summed E-state index contributed by atoms with van der Waals surface area (Å²) in [5.41, 5.74) is 0.216. The summed E-state index contributed by atoms with van der Waals surface area (Å²) in [5.74, 6) is -1.31. The normalized spacial score (nSPS) is 11.7. The third-order valence-corrected chi connectivity index (χ3v) is 2.52. The quantitative estimate of drug-likeness (QED) is 0.718. The Bertz CT molecular complexity index is 433. The Morgan fingerprint density at radius 3 is 2.53 bits per heavy atom. The molecule has 104 valence electrons. The molecule has 1 unspecified atom stereocenters. The number of ether oxygens (including phenoxy) is 1. The fourth-order valence-electron chi connectivity index (χ4n) is 1.45. The van der Waals surface area contributed by atoms with Crippen molar-refractivity contribution in [3.63, 3.8) is 0 Å². The minimum absolute atomic E-state index is 0.177.